The van der Waals surface area contributed by atoms with Crippen LogP contribution in [-0.4, -0.2) is 45.1 Å². The van der Waals surface area contributed by atoms with Crippen molar-refractivity contribution in [1.82, 2.24) is 14.7 Å². The molecule has 8 nitrogen and oxygen atoms in total. The topological polar surface area (TPSA) is 107 Å². The first-order valence-corrected chi connectivity index (χ1v) is 8.68. The van der Waals surface area contributed by atoms with Gasteiger partial charge in [-0.05, 0) is 24.4 Å². The highest BCUT2D eigenvalue weighted by Crippen LogP contribution is 2.33. The summed E-state index contributed by atoms with van der Waals surface area (Å²) in [6.07, 6.45) is 2.39. The van der Waals surface area contributed by atoms with Crippen LogP contribution in [0.25, 0.3) is 5.69 Å². The van der Waals surface area contributed by atoms with Gasteiger partial charge in [0.1, 0.15) is 5.69 Å². The van der Waals surface area contributed by atoms with Crippen molar-refractivity contribution in [3.8, 4) is 5.69 Å². The standard InChI is InChI=1S/C16H17Cl2N5O3/c1-16(8-19)3-5-21(9-16)15(24)13-2-4-22(20-13)14-11(17)6-10(23(25)26)7-12(14)18/h2,4,6-7H,3,5,8-9,19H2,1H3. The van der Waals surface area contributed by atoms with E-state index in [0.29, 0.717) is 19.6 Å². The van der Waals surface area contributed by atoms with Crippen molar-refractivity contribution < 1.29 is 9.72 Å². The fourth-order valence-corrected chi connectivity index (χ4v) is 3.61. The third kappa shape index (κ3) is 3.40. The quantitative estimate of drug-likeness (QED) is 0.630. The second-order valence-corrected chi connectivity index (χ2v) is 7.47. The molecule has 2 heterocycles. The lowest BCUT2D eigenvalue weighted by Gasteiger charge is -2.22. The van der Waals surface area contributed by atoms with E-state index in [-0.39, 0.29) is 38.4 Å². The molecule has 3 rings (SSSR count). The summed E-state index contributed by atoms with van der Waals surface area (Å²) in [5.41, 5.74) is 6.01. The number of nitro benzene ring substituents is 1. The van der Waals surface area contributed by atoms with Crippen LogP contribution in [0.4, 0.5) is 5.69 Å². The molecule has 1 aliphatic heterocycles. The number of halogens is 2. The Hall–Kier alpha value is -2.16. The predicted molar refractivity (Wildman–Crippen MR) is 97.9 cm³/mol. The summed E-state index contributed by atoms with van der Waals surface area (Å²) in [4.78, 5) is 24.7. The fourth-order valence-electron chi connectivity index (χ4n) is 2.96. The van der Waals surface area contributed by atoms with Gasteiger partial charge in [0.05, 0.1) is 15.0 Å². The van der Waals surface area contributed by atoms with Crippen LogP contribution < -0.4 is 5.73 Å². The van der Waals surface area contributed by atoms with Crippen LogP contribution in [0.5, 0.6) is 0 Å². The lowest BCUT2D eigenvalue weighted by atomic mass is 9.90. The lowest BCUT2D eigenvalue weighted by Crippen LogP contribution is -2.34. The zero-order valence-corrected chi connectivity index (χ0v) is 15.5. The van der Waals surface area contributed by atoms with Crippen molar-refractivity contribution in [2.45, 2.75) is 13.3 Å². The highest BCUT2D eigenvalue weighted by Gasteiger charge is 2.35. The maximum atomic E-state index is 12.7. The van der Waals surface area contributed by atoms with Gasteiger partial charge >= 0.3 is 0 Å². The molecule has 0 saturated carbocycles. The van der Waals surface area contributed by atoms with Crippen LogP contribution in [-0.2, 0) is 0 Å². The second-order valence-electron chi connectivity index (χ2n) is 6.65. The Morgan fingerprint density at radius 1 is 1.42 bits per heavy atom. The van der Waals surface area contributed by atoms with Gasteiger partial charge in [-0.25, -0.2) is 4.68 Å². The molecule has 1 saturated heterocycles. The fraction of sp³-hybridized carbons (Fsp3) is 0.375. The molecular formula is C16H17Cl2N5O3. The molecule has 0 spiro atoms. The first kappa shape index (κ1) is 18.6. The molecule has 0 radical (unpaired) electrons. The van der Waals surface area contributed by atoms with E-state index in [0.717, 1.165) is 6.42 Å². The van der Waals surface area contributed by atoms with Crippen molar-refractivity contribution >= 4 is 34.8 Å². The molecule has 2 aromatic rings. The minimum Gasteiger partial charge on any atom is -0.337 e. The van der Waals surface area contributed by atoms with E-state index in [4.69, 9.17) is 28.9 Å². The maximum Gasteiger partial charge on any atom is 0.274 e. The Balaban J connectivity index is 1.87. The maximum absolute atomic E-state index is 12.7. The smallest absolute Gasteiger partial charge is 0.274 e. The number of carbonyl (C=O) groups is 1. The molecular weight excluding hydrogens is 381 g/mol. The summed E-state index contributed by atoms with van der Waals surface area (Å²) in [5, 5.41) is 15.3. The first-order chi connectivity index (χ1) is 12.2. The number of hydrogen-bond acceptors (Lipinski definition) is 5. The zero-order chi connectivity index (χ0) is 19.1. The molecule has 26 heavy (non-hydrogen) atoms. The number of rotatable bonds is 4. The van der Waals surface area contributed by atoms with Crippen molar-refractivity contribution in [3.63, 3.8) is 0 Å². The summed E-state index contributed by atoms with van der Waals surface area (Å²) < 4.78 is 1.35. The van der Waals surface area contributed by atoms with Gasteiger partial charge in [0.15, 0.2) is 5.69 Å². The van der Waals surface area contributed by atoms with E-state index in [2.05, 4.69) is 12.0 Å². The normalized spacial score (nSPS) is 19.8. The third-order valence-corrected chi connectivity index (χ3v) is 5.16. The number of likely N-dealkylation sites (tertiary alicyclic amines) is 1. The van der Waals surface area contributed by atoms with Crippen LogP contribution in [0.1, 0.15) is 23.8 Å². The molecule has 1 aliphatic rings. The molecule has 1 aromatic heterocycles. The number of benzene rings is 1. The summed E-state index contributed by atoms with van der Waals surface area (Å²) in [6, 6.07) is 3.95. The summed E-state index contributed by atoms with van der Waals surface area (Å²) in [6.45, 7) is 3.77. The highest BCUT2D eigenvalue weighted by atomic mass is 35.5. The number of carbonyl (C=O) groups excluding carboxylic acids is 1. The minimum absolute atomic E-state index is 0.0724. The number of aromatic nitrogens is 2. The van der Waals surface area contributed by atoms with Gasteiger partial charge in [0.25, 0.3) is 11.6 Å². The summed E-state index contributed by atoms with van der Waals surface area (Å²) in [5.74, 6) is -0.199. The average Bonchev–Trinajstić information content (AvgIpc) is 3.21. The Labute approximate surface area is 159 Å². The number of nitro groups is 1. The van der Waals surface area contributed by atoms with E-state index in [1.807, 2.05) is 0 Å². The number of hydrogen-bond donors (Lipinski definition) is 1. The minimum atomic E-state index is -0.582. The molecule has 138 valence electrons. The number of amides is 1. The highest BCUT2D eigenvalue weighted by molar-refractivity contribution is 6.38. The molecule has 0 aliphatic carbocycles. The van der Waals surface area contributed by atoms with Crippen molar-refractivity contribution in [2.24, 2.45) is 11.1 Å². The van der Waals surface area contributed by atoms with Gasteiger partial charge in [0.2, 0.25) is 0 Å². The predicted octanol–water partition coefficient (Wildman–Crippen LogP) is 2.90. The number of non-ortho nitro benzene ring substituents is 1. The van der Waals surface area contributed by atoms with Crippen molar-refractivity contribution in [3.05, 3.63) is 50.2 Å². The summed E-state index contributed by atoms with van der Waals surface area (Å²) in [7, 11) is 0. The Bertz CT molecular complexity index is 862. The van der Waals surface area contributed by atoms with Crippen LogP contribution in [0, 0.1) is 15.5 Å². The number of nitrogens with two attached hydrogens (primary N) is 1. The van der Waals surface area contributed by atoms with Crippen LogP contribution in [0.15, 0.2) is 24.4 Å². The molecule has 0 bridgehead atoms. The molecule has 1 fully saturated rings. The van der Waals surface area contributed by atoms with E-state index >= 15 is 0 Å². The van der Waals surface area contributed by atoms with E-state index in [1.54, 1.807) is 17.2 Å². The van der Waals surface area contributed by atoms with E-state index in [1.165, 1.54) is 16.8 Å². The van der Waals surface area contributed by atoms with Crippen LogP contribution >= 0.6 is 23.2 Å². The van der Waals surface area contributed by atoms with Gasteiger partial charge in [0, 0.05) is 31.4 Å². The molecule has 1 aromatic carbocycles. The monoisotopic (exact) mass is 397 g/mol. The third-order valence-electron chi connectivity index (χ3n) is 4.59. The molecule has 1 unspecified atom stereocenters. The molecule has 2 N–H and O–H groups in total. The zero-order valence-electron chi connectivity index (χ0n) is 14.0. The van der Waals surface area contributed by atoms with E-state index < -0.39 is 4.92 Å². The van der Waals surface area contributed by atoms with E-state index in [9.17, 15) is 14.9 Å². The number of nitrogens with zero attached hydrogens (tertiary/aromatic N) is 4. The lowest BCUT2D eigenvalue weighted by molar-refractivity contribution is -0.384. The average molecular weight is 398 g/mol. The van der Waals surface area contributed by atoms with Gasteiger partial charge in [-0.1, -0.05) is 30.1 Å². The largest absolute Gasteiger partial charge is 0.337 e. The van der Waals surface area contributed by atoms with Gasteiger partial charge in [-0.3, -0.25) is 14.9 Å². The Morgan fingerprint density at radius 3 is 2.62 bits per heavy atom. The SMILES string of the molecule is CC1(CN)CCN(C(=O)c2ccn(-c3c(Cl)cc([N+](=O)[O-])cc3Cl)n2)C1. The summed E-state index contributed by atoms with van der Waals surface area (Å²) >= 11 is 12.3. The molecule has 1 atom stereocenters. The molecule has 1 amide bonds. The Kier molecular flexibility index (Phi) is 4.92. The van der Waals surface area contributed by atoms with Crippen molar-refractivity contribution in [2.75, 3.05) is 19.6 Å². The van der Waals surface area contributed by atoms with Crippen LogP contribution in [0.3, 0.4) is 0 Å². The van der Waals surface area contributed by atoms with Crippen molar-refractivity contribution in [1.29, 1.82) is 0 Å². The molecule has 10 heteroatoms. The first-order valence-electron chi connectivity index (χ1n) is 7.93. The van der Waals surface area contributed by atoms with Gasteiger partial charge in [-0.15, -0.1) is 0 Å². The second kappa shape index (κ2) is 6.86. The van der Waals surface area contributed by atoms with Crippen LogP contribution in [0.2, 0.25) is 10.0 Å². The van der Waals surface area contributed by atoms with Gasteiger partial charge < -0.3 is 10.6 Å². The Morgan fingerprint density at radius 2 is 2.08 bits per heavy atom. The van der Waals surface area contributed by atoms with Gasteiger partial charge in [-0.2, -0.15) is 5.10 Å².